The predicted octanol–water partition coefficient (Wildman–Crippen LogP) is 1.81. The molecule has 1 aromatic rings. The molecule has 0 bridgehead atoms. The lowest BCUT2D eigenvalue weighted by Gasteiger charge is -2.23. The zero-order chi connectivity index (χ0) is 18.0. The zero-order valence-electron chi connectivity index (χ0n) is 14.2. The van der Waals surface area contributed by atoms with Gasteiger partial charge in [0.25, 0.3) is 11.8 Å². The average molecular weight is 363 g/mol. The first-order valence-corrected chi connectivity index (χ1v) is 8.55. The van der Waals surface area contributed by atoms with E-state index in [1.807, 2.05) is 6.92 Å². The van der Waals surface area contributed by atoms with E-state index >= 15 is 0 Å². The van der Waals surface area contributed by atoms with Crippen molar-refractivity contribution in [3.8, 4) is 17.6 Å². The predicted molar refractivity (Wildman–Crippen MR) is 92.2 cm³/mol. The van der Waals surface area contributed by atoms with Crippen LogP contribution in [0.3, 0.4) is 0 Å². The van der Waals surface area contributed by atoms with Crippen LogP contribution in [0, 0.1) is 11.8 Å². The number of amides is 2. The van der Waals surface area contributed by atoms with Crippen LogP contribution in [0.4, 0.5) is 0 Å². The second kappa shape index (κ2) is 7.34. The third kappa shape index (κ3) is 3.17. The molecule has 1 aromatic carbocycles. The van der Waals surface area contributed by atoms with Gasteiger partial charge in [-0.1, -0.05) is 17.5 Å². The van der Waals surface area contributed by atoms with E-state index in [9.17, 15) is 9.59 Å². The molecule has 25 heavy (non-hydrogen) atoms. The third-order valence-electron chi connectivity index (χ3n) is 4.14. The summed E-state index contributed by atoms with van der Waals surface area (Å²) in [5.74, 6) is 4.57. The van der Waals surface area contributed by atoms with Crippen LogP contribution in [-0.4, -0.2) is 54.7 Å². The molecule has 0 aliphatic carbocycles. The minimum Gasteiger partial charge on any atom is -0.493 e. The van der Waals surface area contributed by atoms with Gasteiger partial charge in [0.05, 0.1) is 37.9 Å². The number of carbonyl (C=O) groups excluding carboxylic acids is 2. The highest BCUT2D eigenvalue weighted by Gasteiger charge is 2.48. The van der Waals surface area contributed by atoms with Crippen LogP contribution < -0.4 is 4.74 Å². The normalized spacial score (nSPS) is 17.9. The quantitative estimate of drug-likeness (QED) is 0.608. The monoisotopic (exact) mass is 362 g/mol. The molecule has 2 fully saturated rings. The number of rotatable bonds is 3. The lowest BCUT2D eigenvalue weighted by atomic mass is 9.95. The fourth-order valence-corrected chi connectivity index (χ4v) is 3.44. The summed E-state index contributed by atoms with van der Waals surface area (Å²) in [6.45, 7) is 5.45. The molecular weight excluding hydrogens is 344 g/mol. The molecule has 2 saturated heterocycles. The lowest BCUT2D eigenvalue weighted by molar-refractivity contribution is -0.145. The Morgan fingerprint density at radius 1 is 1.24 bits per heavy atom. The Bertz CT molecular complexity index is 744. The van der Waals surface area contributed by atoms with Crippen molar-refractivity contribution in [3.05, 3.63) is 28.3 Å². The molecule has 3 rings (SSSR count). The molecule has 2 amide bonds. The van der Waals surface area contributed by atoms with Crippen LogP contribution in [0.1, 0.15) is 30.9 Å². The Labute approximate surface area is 151 Å². The summed E-state index contributed by atoms with van der Waals surface area (Å²) in [5.41, 5.74) is 1.09. The number of benzene rings is 1. The van der Waals surface area contributed by atoms with Crippen molar-refractivity contribution in [2.45, 2.75) is 19.8 Å². The molecule has 2 aliphatic heterocycles. The van der Waals surface area contributed by atoms with Crippen molar-refractivity contribution in [2.24, 2.45) is 0 Å². The second-order valence-corrected chi connectivity index (χ2v) is 6.05. The minimum absolute atomic E-state index is 0.298. The molecule has 132 valence electrons. The minimum atomic E-state index is -0.990. The van der Waals surface area contributed by atoms with Gasteiger partial charge in [-0.3, -0.25) is 9.59 Å². The summed E-state index contributed by atoms with van der Waals surface area (Å²) in [6, 6.07) is 3.39. The summed E-state index contributed by atoms with van der Waals surface area (Å²) in [7, 11) is 0. The van der Waals surface area contributed by atoms with Crippen LogP contribution in [0.25, 0.3) is 0 Å². The van der Waals surface area contributed by atoms with E-state index in [0.717, 1.165) is 0 Å². The molecule has 0 radical (unpaired) electrons. The molecule has 0 aromatic heterocycles. The van der Waals surface area contributed by atoms with Crippen LogP contribution in [-0.2, 0) is 14.3 Å². The highest BCUT2D eigenvalue weighted by atomic mass is 35.5. The number of hydrogen-bond donors (Lipinski definition) is 0. The van der Waals surface area contributed by atoms with E-state index in [1.54, 1.807) is 19.1 Å². The van der Waals surface area contributed by atoms with Crippen molar-refractivity contribution in [1.82, 2.24) is 10.0 Å². The van der Waals surface area contributed by atoms with Gasteiger partial charge in [-0.25, -0.2) is 10.0 Å². The summed E-state index contributed by atoms with van der Waals surface area (Å²) in [5, 5.41) is 3.21. The van der Waals surface area contributed by atoms with Gasteiger partial charge >= 0.3 is 0 Å². The SMILES string of the molecule is CC#Cc1cc(Cl)c(C2C(=O)N3CCOCCN3C2=O)c(OCC)c1. The summed E-state index contributed by atoms with van der Waals surface area (Å²) in [6.07, 6.45) is 0. The maximum Gasteiger partial charge on any atom is 0.258 e. The molecule has 6 nitrogen and oxygen atoms in total. The van der Waals surface area contributed by atoms with E-state index in [-0.39, 0.29) is 11.8 Å². The third-order valence-corrected chi connectivity index (χ3v) is 4.45. The van der Waals surface area contributed by atoms with Gasteiger partial charge in [0, 0.05) is 11.1 Å². The molecule has 2 aliphatic rings. The van der Waals surface area contributed by atoms with Gasteiger partial charge in [0.15, 0.2) is 5.92 Å². The fourth-order valence-electron chi connectivity index (χ4n) is 3.12. The van der Waals surface area contributed by atoms with E-state index < -0.39 is 5.92 Å². The number of halogens is 1. The first-order valence-electron chi connectivity index (χ1n) is 8.17. The Morgan fingerprint density at radius 2 is 1.88 bits per heavy atom. The van der Waals surface area contributed by atoms with Gasteiger partial charge in [0.2, 0.25) is 0 Å². The molecule has 0 N–H and O–H groups in total. The Balaban J connectivity index is 2.07. The first kappa shape index (κ1) is 17.6. The van der Waals surface area contributed by atoms with Crippen LogP contribution in [0.2, 0.25) is 5.02 Å². The number of hydrazine groups is 1. The van der Waals surface area contributed by atoms with E-state index in [4.69, 9.17) is 21.1 Å². The van der Waals surface area contributed by atoms with Crippen molar-refractivity contribution in [1.29, 1.82) is 0 Å². The van der Waals surface area contributed by atoms with E-state index in [0.29, 0.717) is 54.8 Å². The standard InChI is InChI=1S/C18H19ClN2O4/c1-3-5-12-10-13(19)15(14(11-12)25-4-2)16-17(22)20-6-8-24-9-7-21(20)18(16)23/h10-11,16H,4,6-9H2,1-2H3. The van der Waals surface area contributed by atoms with Crippen molar-refractivity contribution in [3.63, 3.8) is 0 Å². The molecule has 0 saturated carbocycles. The highest BCUT2D eigenvalue weighted by Crippen LogP contribution is 2.40. The molecule has 0 unspecified atom stereocenters. The largest absolute Gasteiger partial charge is 0.493 e. The Kier molecular flexibility index (Phi) is 5.16. The second-order valence-electron chi connectivity index (χ2n) is 5.65. The Morgan fingerprint density at radius 3 is 2.44 bits per heavy atom. The zero-order valence-corrected chi connectivity index (χ0v) is 14.9. The summed E-state index contributed by atoms with van der Waals surface area (Å²) < 4.78 is 11.0. The molecule has 0 atom stereocenters. The fraction of sp³-hybridized carbons (Fsp3) is 0.444. The topological polar surface area (TPSA) is 59.1 Å². The molecule has 7 heteroatoms. The molecular formula is C18H19ClN2O4. The molecule has 2 heterocycles. The maximum absolute atomic E-state index is 12.9. The van der Waals surface area contributed by atoms with Gasteiger partial charge in [0.1, 0.15) is 5.75 Å². The van der Waals surface area contributed by atoms with E-state index in [1.165, 1.54) is 10.0 Å². The number of carbonyl (C=O) groups is 2. The number of fused-ring (bicyclic) bond motifs is 1. The number of hydrogen-bond acceptors (Lipinski definition) is 4. The van der Waals surface area contributed by atoms with Crippen LogP contribution in [0.5, 0.6) is 5.75 Å². The summed E-state index contributed by atoms with van der Waals surface area (Å²) in [4.78, 5) is 25.8. The van der Waals surface area contributed by atoms with Gasteiger partial charge < -0.3 is 9.47 Å². The Hall–Kier alpha value is -2.23. The summed E-state index contributed by atoms with van der Waals surface area (Å²) >= 11 is 6.43. The average Bonchev–Trinajstić information content (AvgIpc) is 2.75. The van der Waals surface area contributed by atoms with E-state index in [2.05, 4.69) is 11.8 Å². The van der Waals surface area contributed by atoms with Crippen LogP contribution in [0.15, 0.2) is 12.1 Å². The highest BCUT2D eigenvalue weighted by molar-refractivity contribution is 6.32. The van der Waals surface area contributed by atoms with Crippen molar-refractivity contribution >= 4 is 23.4 Å². The first-order chi connectivity index (χ1) is 12.1. The van der Waals surface area contributed by atoms with Crippen molar-refractivity contribution in [2.75, 3.05) is 32.9 Å². The van der Waals surface area contributed by atoms with Gasteiger partial charge in [-0.2, -0.15) is 0 Å². The molecule has 0 spiro atoms. The smallest absolute Gasteiger partial charge is 0.258 e. The van der Waals surface area contributed by atoms with Crippen LogP contribution >= 0.6 is 11.6 Å². The van der Waals surface area contributed by atoms with Gasteiger partial charge in [-0.15, -0.1) is 5.92 Å². The van der Waals surface area contributed by atoms with Gasteiger partial charge in [-0.05, 0) is 26.0 Å². The lowest BCUT2D eigenvalue weighted by Crippen LogP contribution is -2.41. The maximum atomic E-state index is 12.9. The van der Waals surface area contributed by atoms with Crippen molar-refractivity contribution < 1.29 is 19.1 Å². The number of ether oxygens (including phenoxy) is 2. The number of nitrogens with zero attached hydrogens (tertiary/aromatic N) is 2.